The highest BCUT2D eigenvalue weighted by molar-refractivity contribution is 9.10. The zero-order valence-corrected chi connectivity index (χ0v) is 25.0. The number of nitrogens with one attached hydrogen (secondary N) is 2. The number of rotatable bonds is 7. The Morgan fingerprint density at radius 1 is 0.791 bits per heavy atom. The number of hydrogen-bond donors (Lipinski definition) is 2. The third-order valence-electron chi connectivity index (χ3n) is 7.99. The number of aromatic amines is 1. The van der Waals surface area contributed by atoms with Crippen molar-refractivity contribution in [2.75, 3.05) is 0 Å². The zero-order chi connectivity index (χ0) is 29.4. The van der Waals surface area contributed by atoms with Gasteiger partial charge in [-0.15, -0.1) is 0 Å². The molecule has 0 radical (unpaired) electrons. The minimum Gasteiger partial charge on any atom is -0.343 e. The highest BCUT2D eigenvalue weighted by Crippen LogP contribution is 2.43. The van der Waals surface area contributed by atoms with Crippen molar-refractivity contribution in [1.29, 1.82) is 0 Å². The number of halogens is 1. The maximum atomic E-state index is 13.2. The van der Waals surface area contributed by atoms with E-state index in [2.05, 4.69) is 109 Å². The number of carbonyl (C=O) groups is 1. The van der Waals surface area contributed by atoms with Crippen LogP contribution < -0.4 is 5.32 Å². The molecule has 0 spiro atoms. The minimum absolute atomic E-state index is 0.160. The van der Waals surface area contributed by atoms with Crippen LogP contribution in [0.5, 0.6) is 0 Å². The van der Waals surface area contributed by atoms with Crippen LogP contribution in [-0.2, 0) is 5.54 Å². The van der Waals surface area contributed by atoms with Crippen LogP contribution in [0.3, 0.4) is 0 Å². The van der Waals surface area contributed by atoms with Crippen molar-refractivity contribution < 1.29 is 4.79 Å². The van der Waals surface area contributed by atoms with Crippen molar-refractivity contribution in [3.63, 3.8) is 0 Å². The lowest BCUT2D eigenvalue weighted by Crippen LogP contribution is -2.38. The van der Waals surface area contributed by atoms with Gasteiger partial charge in [0.2, 0.25) is 0 Å². The Labute approximate surface area is 257 Å². The van der Waals surface area contributed by atoms with E-state index in [0.717, 1.165) is 38.7 Å². The van der Waals surface area contributed by atoms with Gasteiger partial charge in [0.05, 0.1) is 22.6 Å². The molecule has 0 aliphatic carbocycles. The predicted molar refractivity (Wildman–Crippen MR) is 174 cm³/mol. The summed E-state index contributed by atoms with van der Waals surface area (Å²) in [6.45, 7) is 1.96. The molecule has 7 aromatic rings. The molecule has 6 nitrogen and oxygen atoms in total. The van der Waals surface area contributed by atoms with Crippen LogP contribution in [0.15, 0.2) is 138 Å². The van der Waals surface area contributed by atoms with Crippen LogP contribution in [0, 0.1) is 0 Å². The molecule has 0 fully saturated rings. The molecular formula is C36H28BrN5O. The van der Waals surface area contributed by atoms with Gasteiger partial charge >= 0.3 is 0 Å². The van der Waals surface area contributed by atoms with Crippen molar-refractivity contribution in [2.45, 2.75) is 18.5 Å². The standard InChI is InChI=1S/C36H28BrN5O/c1-24(25-14-6-2-7-15-25)38-35(43)34-39-30-22-29-32(23-31(30)40-34)42(41-33(29)37)36(26-16-8-3-9-17-26,27-18-10-4-11-19-27)28-20-12-5-13-21-28/h2-24H,1H3,(H,38,43)(H,39,40). The number of aromatic nitrogens is 4. The fourth-order valence-corrected chi connectivity index (χ4v) is 6.42. The van der Waals surface area contributed by atoms with Crippen molar-refractivity contribution in [3.05, 3.63) is 166 Å². The predicted octanol–water partition coefficient (Wildman–Crippen LogP) is 8.01. The molecular weight excluding hydrogens is 598 g/mol. The molecule has 2 N–H and O–H groups in total. The summed E-state index contributed by atoms with van der Waals surface area (Å²) >= 11 is 3.76. The fraction of sp³-hybridized carbons (Fsp3) is 0.0833. The Bertz CT molecular complexity index is 1940. The van der Waals surface area contributed by atoms with E-state index >= 15 is 0 Å². The number of benzene rings is 5. The highest BCUT2D eigenvalue weighted by atomic mass is 79.9. The molecule has 1 amide bonds. The van der Waals surface area contributed by atoms with Gasteiger partial charge in [-0.2, -0.15) is 5.10 Å². The van der Waals surface area contributed by atoms with E-state index in [4.69, 9.17) is 5.10 Å². The average molecular weight is 627 g/mol. The first-order valence-electron chi connectivity index (χ1n) is 14.2. The number of imidazole rings is 1. The van der Waals surface area contributed by atoms with E-state index in [9.17, 15) is 4.79 Å². The molecule has 0 saturated carbocycles. The van der Waals surface area contributed by atoms with Crippen LogP contribution >= 0.6 is 15.9 Å². The molecule has 210 valence electrons. The summed E-state index contributed by atoms with van der Waals surface area (Å²) < 4.78 is 2.78. The summed E-state index contributed by atoms with van der Waals surface area (Å²) in [5.41, 5.74) is 5.80. The van der Waals surface area contributed by atoms with Gasteiger partial charge in [0, 0.05) is 5.39 Å². The Morgan fingerprint density at radius 2 is 1.30 bits per heavy atom. The van der Waals surface area contributed by atoms with Crippen LogP contribution in [0.1, 0.15) is 45.8 Å². The first-order chi connectivity index (χ1) is 21.1. The number of carbonyl (C=O) groups excluding carboxylic acids is 1. The van der Waals surface area contributed by atoms with Gasteiger partial charge in [-0.25, -0.2) is 9.67 Å². The molecule has 2 heterocycles. The topological polar surface area (TPSA) is 75.6 Å². The number of nitrogens with zero attached hydrogens (tertiary/aromatic N) is 3. The van der Waals surface area contributed by atoms with E-state index in [1.165, 1.54) is 0 Å². The fourth-order valence-electron chi connectivity index (χ4n) is 5.94. The molecule has 0 saturated heterocycles. The quantitative estimate of drug-likeness (QED) is 0.176. The van der Waals surface area contributed by atoms with Gasteiger partial charge in [-0.3, -0.25) is 4.79 Å². The van der Waals surface area contributed by atoms with E-state index in [1.54, 1.807) is 0 Å². The summed E-state index contributed by atoms with van der Waals surface area (Å²) in [6, 6.07) is 45.1. The second-order valence-electron chi connectivity index (χ2n) is 10.6. The Balaban J connectivity index is 1.42. The second kappa shape index (κ2) is 11.0. The Kier molecular flexibility index (Phi) is 6.87. The molecule has 0 aliphatic heterocycles. The number of amides is 1. The maximum absolute atomic E-state index is 13.2. The third kappa shape index (κ3) is 4.62. The summed E-state index contributed by atoms with van der Waals surface area (Å²) in [5.74, 6) is 0.00557. The van der Waals surface area contributed by atoms with Crippen LogP contribution in [0.2, 0.25) is 0 Å². The van der Waals surface area contributed by atoms with Crippen molar-refractivity contribution >= 4 is 43.8 Å². The van der Waals surface area contributed by atoms with Crippen LogP contribution in [0.4, 0.5) is 0 Å². The zero-order valence-electron chi connectivity index (χ0n) is 23.4. The number of fused-ring (bicyclic) bond motifs is 2. The molecule has 2 aromatic heterocycles. The minimum atomic E-state index is -0.785. The molecule has 5 aromatic carbocycles. The Hall–Kier alpha value is -5.01. The first kappa shape index (κ1) is 26.9. The van der Waals surface area contributed by atoms with Gasteiger partial charge in [0.25, 0.3) is 5.91 Å². The summed E-state index contributed by atoms with van der Waals surface area (Å²) in [7, 11) is 0. The summed E-state index contributed by atoms with van der Waals surface area (Å²) in [6.07, 6.45) is 0. The molecule has 1 unspecified atom stereocenters. The Morgan fingerprint density at radius 3 is 1.84 bits per heavy atom. The number of H-pyrrole nitrogens is 1. The van der Waals surface area contributed by atoms with Gasteiger partial charge in [-0.1, -0.05) is 121 Å². The van der Waals surface area contributed by atoms with E-state index < -0.39 is 5.54 Å². The third-order valence-corrected chi connectivity index (χ3v) is 8.58. The van der Waals surface area contributed by atoms with E-state index in [1.807, 2.05) is 67.6 Å². The molecule has 0 aliphatic rings. The van der Waals surface area contributed by atoms with E-state index in [0.29, 0.717) is 10.1 Å². The lowest BCUT2D eigenvalue weighted by molar-refractivity contribution is 0.0930. The normalized spacial score (nSPS) is 12.4. The molecule has 0 bridgehead atoms. The lowest BCUT2D eigenvalue weighted by Gasteiger charge is -2.37. The van der Waals surface area contributed by atoms with Gasteiger partial charge in [0.1, 0.15) is 10.1 Å². The monoisotopic (exact) mass is 625 g/mol. The summed E-state index contributed by atoms with van der Waals surface area (Å²) in [5, 5.41) is 9.10. The van der Waals surface area contributed by atoms with Gasteiger partial charge in [-0.05, 0) is 57.2 Å². The van der Waals surface area contributed by atoms with Crippen molar-refractivity contribution in [1.82, 2.24) is 25.1 Å². The van der Waals surface area contributed by atoms with Crippen LogP contribution in [-0.4, -0.2) is 25.7 Å². The second-order valence-corrected chi connectivity index (χ2v) is 11.3. The SMILES string of the molecule is CC(NC(=O)c1nc2cc3c(Br)nn(C(c4ccccc4)(c4ccccc4)c4ccccc4)c3cc2[nH]1)c1ccccc1. The molecule has 7 rings (SSSR count). The first-order valence-corrected chi connectivity index (χ1v) is 15.0. The van der Waals surface area contributed by atoms with Crippen molar-refractivity contribution in [3.8, 4) is 0 Å². The summed E-state index contributed by atoms with van der Waals surface area (Å²) in [4.78, 5) is 21.2. The largest absolute Gasteiger partial charge is 0.343 e. The van der Waals surface area contributed by atoms with Crippen molar-refractivity contribution in [2.24, 2.45) is 0 Å². The van der Waals surface area contributed by atoms with E-state index in [-0.39, 0.29) is 17.8 Å². The average Bonchev–Trinajstić information content (AvgIpc) is 3.63. The highest BCUT2D eigenvalue weighted by Gasteiger charge is 2.41. The maximum Gasteiger partial charge on any atom is 0.287 e. The molecule has 43 heavy (non-hydrogen) atoms. The molecule has 7 heteroatoms. The smallest absolute Gasteiger partial charge is 0.287 e. The lowest BCUT2D eigenvalue weighted by atomic mass is 9.77. The van der Waals surface area contributed by atoms with Gasteiger partial charge in [0.15, 0.2) is 5.82 Å². The molecule has 1 atom stereocenters. The van der Waals surface area contributed by atoms with Gasteiger partial charge < -0.3 is 10.3 Å². The number of hydrogen-bond acceptors (Lipinski definition) is 3. The van der Waals surface area contributed by atoms with Crippen LogP contribution in [0.25, 0.3) is 21.9 Å².